The highest BCUT2D eigenvalue weighted by molar-refractivity contribution is 8.00. The third-order valence-electron chi connectivity index (χ3n) is 6.07. The first kappa shape index (κ1) is 19.7. The smallest absolute Gasteiger partial charge is 0.312 e. The van der Waals surface area contributed by atoms with Crippen molar-refractivity contribution in [2.75, 3.05) is 51.7 Å². The van der Waals surface area contributed by atoms with Gasteiger partial charge in [0.15, 0.2) is 0 Å². The number of esters is 1. The summed E-state index contributed by atoms with van der Waals surface area (Å²) in [6, 6.07) is 9.98. The molecule has 1 spiro atoms. The van der Waals surface area contributed by atoms with Gasteiger partial charge in [-0.05, 0) is 25.0 Å². The molecule has 3 fully saturated rings. The van der Waals surface area contributed by atoms with Crippen LogP contribution in [0.3, 0.4) is 0 Å². The Labute approximate surface area is 170 Å². The summed E-state index contributed by atoms with van der Waals surface area (Å²) in [4.78, 5) is 30.5. The minimum atomic E-state index is -0.389. The van der Waals surface area contributed by atoms with Crippen molar-refractivity contribution in [3.05, 3.63) is 30.3 Å². The molecule has 0 saturated carbocycles. The van der Waals surface area contributed by atoms with Crippen LogP contribution in [0.15, 0.2) is 35.2 Å². The highest BCUT2D eigenvalue weighted by Crippen LogP contribution is 2.43. The summed E-state index contributed by atoms with van der Waals surface area (Å²) >= 11 is 1.57. The number of rotatable bonds is 5. The molecule has 3 saturated heterocycles. The van der Waals surface area contributed by atoms with Gasteiger partial charge >= 0.3 is 5.97 Å². The molecule has 3 aliphatic heterocycles. The molecule has 1 amide bonds. The van der Waals surface area contributed by atoms with E-state index in [2.05, 4.69) is 4.90 Å². The van der Waals surface area contributed by atoms with Crippen LogP contribution in [0.2, 0.25) is 0 Å². The molecule has 0 bridgehead atoms. The molecule has 3 aliphatic rings. The van der Waals surface area contributed by atoms with E-state index in [1.807, 2.05) is 35.2 Å². The number of piperidine rings is 1. The van der Waals surface area contributed by atoms with E-state index in [0.717, 1.165) is 44.2 Å². The van der Waals surface area contributed by atoms with Gasteiger partial charge in [0.1, 0.15) is 6.10 Å². The van der Waals surface area contributed by atoms with Crippen LogP contribution in [0.4, 0.5) is 0 Å². The van der Waals surface area contributed by atoms with Crippen molar-refractivity contribution in [1.29, 1.82) is 0 Å². The zero-order valence-electron chi connectivity index (χ0n) is 16.2. The van der Waals surface area contributed by atoms with Gasteiger partial charge in [-0.25, -0.2) is 0 Å². The van der Waals surface area contributed by atoms with E-state index >= 15 is 0 Å². The van der Waals surface area contributed by atoms with E-state index in [-0.39, 0.29) is 23.4 Å². The lowest BCUT2D eigenvalue weighted by atomic mass is 9.76. The second-order valence-electron chi connectivity index (χ2n) is 7.91. The maximum atomic E-state index is 12.6. The van der Waals surface area contributed by atoms with Gasteiger partial charge in [0.25, 0.3) is 0 Å². The Hall–Kier alpha value is -1.57. The standard InChI is InChI=1S/C21H28N2O4S/c24-19(16-28-18-4-2-1-3-5-18)23-8-6-21(7-9-23)14-17(27-20(21)25)15-22-10-12-26-13-11-22/h1-5,17H,6-16H2. The molecule has 0 aliphatic carbocycles. The molecule has 1 atom stereocenters. The molecule has 0 aromatic heterocycles. The quantitative estimate of drug-likeness (QED) is 0.553. The molecule has 28 heavy (non-hydrogen) atoms. The van der Waals surface area contributed by atoms with Gasteiger partial charge in [-0.15, -0.1) is 11.8 Å². The van der Waals surface area contributed by atoms with E-state index in [4.69, 9.17) is 9.47 Å². The van der Waals surface area contributed by atoms with Crippen LogP contribution >= 0.6 is 11.8 Å². The van der Waals surface area contributed by atoms with E-state index in [1.165, 1.54) is 0 Å². The summed E-state index contributed by atoms with van der Waals surface area (Å²) in [5, 5.41) is 0. The van der Waals surface area contributed by atoms with Crippen molar-refractivity contribution in [2.45, 2.75) is 30.3 Å². The van der Waals surface area contributed by atoms with Crippen LogP contribution in [-0.4, -0.2) is 79.5 Å². The first-order valence-electron chi connectivity index (χ1n) is 10.1. The van der Waals surface area contributed by atoms with Crippen LogP contribution in [0.25, 0.3) is 0 Å². The average Bonchev–Trinajstić information content (AvgIpc) is 3.02. The number of hydrogen-bond acceptors (Lipinski definition) is 6. The van der Waals surface area contributed by atoms with Crippen molar-refractivity contribution in [1.82, 2.24) is 9.80 Å². The topological polar surface area (TPSA) is 59.1 Å². The number of thioether (sulfide) groups is 1. The zero-order valence-corrected chi connectivity index (χ0v) is 17.0. The van der Waals surface area contributed by atoms with Crippen molar-refractivity contribution in [2.24, 2.45) is 5.41 Å². The highest BCUT2D eigenvalue weighted by Gasteiger charge is 2.51. The monoisotopic (exact) mass is 404 g/mol. The van der Waals surface area contributed by atoms with E-state index in [1.54, 1.807) is 11.8 Å². The minimum Gasteiger partial charge on any atom is -0.461 e. The third-order valence-corrected chi connectivity index (χ3v) is 7.07. The fourth-order valence-electron chi connectivity index (χ4n) is 4.36. The lowest BCUT2D eigenvalue weighted by Gasteiger charge is -2.36. The number of nitrogens with zero attached hydrogens (tertiary/aromatic N) is 2. The van der Waals surface area contributed by atoms with Crippen molar-refractivity contribution in [3.8, 4) is 0 Å². The Kier molecular flexibility index (Phi) is 6.23. The molecular formula is C21H28N2O4S. The van der Waals surface area contributed by atoms with Crippen molar-refractivity contribution in [3.63, 3.8) is 0 Å². The first-order chi connectivity index (χ1) is 13.6. The number of hydrogen-bond donors (Lipinski definition) is 0. The van der Waals surface area contributed by atoms with Gasteiger partial charge in [0.05, 0.1) is 24.4 Å². The second-order valence-corrected chi connectivity index (χ2v) is 8.96. The predicted molar refractivity (Wildman–Crippen MR) is 107 cm³/mol. The average molecular weight is 405 g/mol. The van der Waals surface area contributed by atoms with Gasteiger partial charge in [0, 0.05) is 44.0 Å². The molecule has 4 rings (SSSR count). The molecule has 1 aromatic carbocycles. The van der Waals surface area contributed by atoms with E-state index in [0.29, 0.717) is 31.7 Å². The zero-order chi connectivity index (χ0) is 19.4. The van der Waals surface area contributed by atoms with E-state index < -0.39 is 0 Å². The fourth-order valence-corrected chi connectivity index (χ4v) is 5.18. The molecular weight excluding hydrogens is 376 g/mol. The number of ether oxygens (including phenoxy) is 2. The van der Waals surface area contributed by atoms with Crippen LogP contribution < -0.4 is 0 Å². The minimum absolute atomic E-state index is 0.0264. The van der Waals surface area contributed by atoms with Crippen LogP contribution in [-0.2, 0) is 19.1 Å². The van der Waals surface area contributed by atoms with Gasteiger partial charge in [-0.2, -0.15) is 0 Å². The number of carbonyl (C=O) groups excluding carboxylic acids is 2. The summed E-state index contributed by atoms with van der Waals surface area (Å²) in [5.74, 6) is 0.539. The Morgan fingerprint density at radius 2 is 1.82 bits per heavy atom. The maximum absolute atomic E-state index is 12.6. The third kappa shape index (κ3) is 4.53. The molecule has 1 unspecified atom stereocenters. The summed E-state index contributed by atoms with van der Waals surface area (Å²) in [5.41, 5.74) is -0.389. The summed E-state index contributed by atoms with van der Waals surface area (Å²) in [7, 11) is 0. The maximum Gasteiger partial charge on any atom is 0.312 e. The number of amides is 1. The molecule has 7 heteroatoms. The van der Waals surface area contributed by atoms with Crippen LogP contribution in [0.1, 0.15) is 19.3 Å². The summed E-state index contributed by atoms with van der Waals surface area (Å²) < 4.78 is 11.1. The largest absolute Gasteiger partial charge is 0.461 e. The molecule has 0 N–H and O–H groups in total. The SMILES string of the molecule is O=C(CSc1ccccc1)N1CCC2(CC1)CC(CN1CCOCC1)OC2=O. The highest BCUT2D eigenvalue weighted by atomic mass is 32.2. The van der Waals surface area contributed by atoms with E-state index in [9.17, 15) is 9.59 Å². The summed E-state index contributed by atoms with van der Waals surface area (Å²) in [6.45, 7) is 5.41. The lowest BCUT2D eigenvalue weighted by Crippen LogP contribution is -2.45. The molecule has 152 valence electrons. The van der Waals surface area contributed by atoms with Crippen LogP contribution in [0.5, 0.6) is 0 Å². The van der Waals surface area contributed by atoms with Gasteiger partial charge < -0.3 is 14.4 Å². The Morgan fingerprint density at radius 1 is 1.11 bits per heavy atom. The molecule has 6 nitrogen and oxygen atoms in total. The lowest BCUT2D eigenvalue weighted by molar-refractivity contribution is -0.152. The molecule has 1 aromatic rings. The van der Waals surface area contributed by atoms with Crippen LogP contribution in [0, 0.1) is 5.41 Å². The van der Waals surface area contributed by atoms with Gasteiger partial charge in [0.2, 0.25) is 5.91 Å². The van der Waals surface area contributed by atoms with Gasteiger partial charge in [-0.1, -0.05) is 18.2 Å². The van der Waals surface area contributed by atoms with Crippen molar-refractivity contribution < 1.29 is 19.1 Å². The number of carbonyl (C=O) groups is 2. The number of cyclic esters (lactones) is 1. The second kappa shape index (κ2) is 8.84. The van der Waals surface area contributed by atoms with Crippen molar-refractivity contribution >= 4 is 23.6 Å². The predicted octanol–water partition coefficient (Wildman–Crippen LogP) is 2.04. The first-order valence-corrected chi connectivity index (χ1v) is 11.1. The molecule has 0 radical (unpaired) electrons. The number of morpholine rings is 1. The van der Waals surface area contributed by atoms with Gasteiger partial charge in [-0.3, -0.25) is 14.5 Å². The normalized spacial score (nSPS) is 25.1. The Morgan fingerprint density at radius 3 is 2.54 bits per heavy atom. The molecule has 3 heterocycles. The Balaban J connectivity index is 1.25. The Bertz CT molecular complexity index is 685. The number of likely N-dealkylation sites (tertiary alicyclic amines) is 1. The fraction of sp³-hybridized carbons (Fsp3) is 0.619. The number of benzene rings is 1. The summed E-state index contributed by atoms with van der Waals surface area (Å²) in [6.07, 6.45) is 2.19.